The van der Waals surface area contributed by atoms with Gasteiger partial charge in [0.25, 0.3) is 5.91 Å². The zero-order valence-corrected chi connectivity index (χ0v) is 11.8. The number of rotatable bonds is 4. The van der Waals surface area contributed by atoms with Gasteiger partial charge in [-0.1, -0.05) is 6.92 Å². The van der Waals surface area contributed by atoms with Gasteiger partial charge in [-0.05, 0) is 32.6 Å². The molecule has 1 N–H and O–H groups in total. The summed E-state index contributed by atoms with van der Waals surface area (Å²) in [7, 11) is 0. The molecule has 5 nitrogen and oxygen atoms in total. The van der Waals surface area contributed by atoms with Gasteiger partial charge in [-0.3, -0.25) is 4.79 Å². The maximum absolute atomic E-state index is 12.4. The van der Waals surface area contributed by atoms with Gasteiger partial charge in [0.15, 0.2) is 0 Å². The lowest BCUT2D eigenvalue weighted by atomic mass is 10.1. The van der Waals surface area contributed by atoms with Crippen molar-refractivity contribution in [2.24, 2.45) is 0 Å². The van der Waals surface area contributed by atoms with Crippen LogP contribution >= 0.6 is 0 Å². The molecule has 1 aromatic heterocycles. The molecule has 2 rings (SSSR count). The second kappa shape index (κ2) is 6.50. The fourth-order valence-corrected chi connectivity index (χ4v) is 2.28. The average molecular weight is 262 g/mol. The lowest BCUT2D eigenvalue weighted by molar-refractivity contribution is 0.0718. The van der Waals surface area contributed by atoms with Gasteiger partial charge < -0.3 is 10.2 Å². The quantitative estimate of drug-likeness (QED) is 0.904. The summed E-state index contributed by atoms with van der Waals surface area (Å²) < 4.78 is 0. The Kier molecular flexibility index (Phi) is 4.71. The van der Waals surface area contributed by atoms with E-state index in [4.69, 9.17) is 0 Å². The van der Waals surface area contributed by atoms with Crippen molar-refractivity contribution >= 4 is 11.7 Å². The van der Waals surface area contributed by atoms with Crippen molar-refractivity contribution in [3.8, 4) is 0 Å². The minimum absolute atomic E-state index is 0.0322. The van der Waals surface area contributed by atoms with Crippen molar-refractivity contribution in [1.82, 2.24) is 14.9 Å². The van der Waals surface area contributed by atoms with Crippen LogP contribution in [0.4, 0.5) is 5.82 Å². The molecule has 5 heteroatoms. The van der Waals surface area contributed by atoms with Crippen molar-refractivity contribution in [2.75, 3.05) is 25.0 Å². The Labute approximate surface area is 114 Å². The zero-order valence-electron chi connectivity index (χ0n) is 11.8. The van der Waals surface area contributed by atoms with Crippen LogP contribution in [-0.2, 0) is 0 Å². The lowest BCUT2D eigenvalue weighted by Gasteiger charge is -2.26. The molecule has 0 bridgehead atoms. The summed E-state index contributed by atoms with van der Waals surface area (Å²) in [6.07, 6.45) is 4.43. The fourth-order valence-electron chi connectivity index (χ4n) is 2.28. The van der Waals surface area contributed by atoms with E-state index in [0.717, 1.165) is 44.7 Å². The first-order chi connectivity index (χ1) is 9.20. The van der Waals surface area contributed by atoms with Crippen LogP contribution in [0.3, 0.4) is 0 Å². The highest BCUT2D eigenvalue weighted by Gasteiger charge is 2.20. The average Bonchev–Trinajstić information content (AvgIpc) is 2.44. The molecular formula is C14H22N4O. The molecule has 104 valence electrons. The number of hydrogen-bond acceptors (Lipinski definition) is 4. The molecule has 0 aromatic carbocycles. The van der Waals surface area contributed by atoms with E-state index in [1.54, 1.807) is 6.07 Å². The highest BCUT2D eigenvalue weighted by atomic mass is 16.2. The minimum Gasteiger partial charge on any atom is -0.370 e. The molecule has 1 saturated heterocycles. The molecule has 1 aliphatic heterocycles. The van der Waals surface area contributed by atoms with Crippen LogP contribution in [0.1, 0.15) is 48.9 Å². The maximum atomic E-state index is 12.4. The van der Waals surface area contributed by atoms with E-state index >= 15 is 0 Å². The van der Waals surface area contributed by atoms with Crippen LogP contribution in [0.2, 0.25) is 0 Å². The number of likely N-dealkylation sites (tertiary alicyclic amines) is 1. The number of carbonyl (C=O) groups excluding carboxylic acids is 1. The molecule has 1 fully saturated rings. The number of nitrogens with zero attached hydrogens (tertiary/aromatic N) is 3. The monoisotopic (exact) mass is 262 g/mol. The second-order valence-electron chi connectivity index (χ2n) is 4.97. The molecule has 0 spiro atoms. The van der Waals surface area contributed by atoms with Crippen LogP contribution in [0.15, 0.2) is 6.07 Å². The van der Waals surface area contributed by atoms with Crippen molar-refractivity contribution in [2.45, 2.75) is 39.5 Å². The van der Waals surface area contributed by atoms with Crippen LogP contribution in [0.5, 0.6) is 0 Å². The number of aryl methyl sites for hydroxylation is 1. The van der Waals surface area contributed by atoms with E-state index in [1.807, 2.05) is 11.8 Å². The predicted molar refractivity (Wildman–Crippen MR) is 75.3 cm³/mol. The molecule has 2 heterocycles. The third-order valence-electron chi connectivity index (χ3n) is 3.26. The van der Waals surface area contributed by atoms with Crippen molar-refractivity contribution in [3.63, 3.8) is 0 Å². The second-order valence-corrected chi connectivity index (χ2v) is 4.97. The summed E-state index contributed by atoms with van der Waals surface area (Å²) in [4.78, 5) is 22.9. The smallest absolute Gasteiger partial charge is 0.272 e. The van der Waals surface area contributed by atoms with Gasteiger partial charge in [0.05, 0.1) is 0 Å². The topological polar surface area (TPSA) is 58.1 Å². The highest BCUT2D eigenvalue weighted by molar-refractivity contribution is 5.93. The first kappa shape index (κ1) is 13.8. The first-order valence-corrected chi connectivity index (χ1v) is 7.09. The lowest BCUT2D eigenvalue weighted by Crippen LogP contribution is -2.36. The number of anilines is 1. The molecule has 19 heavy (non-hydrogen) atoms. The zero-order chi connectivity index (χ0) is 13.7. The fraction of sp³-hybridized carbons (Fsp3) is 0.643. The standard InChI is InChI=1S/C14H22N4O/c1-3-7-15-13-10-12(16-11(2)17-13)14(19)18-8-5-4-6-9-18/h10H,3-9H2,1-2H3,(H,15,16,17). The van der Waals surface area contributed by atoms with Crippen LogP contribution in [-0.4, -0.2) is 40.4 Å². The van der Waals surface area contributed by atoms with Gasteiger partial charge in [0, 0.05) is 25.7 Å². The van der Waals surface area contributed by atoms with Crippen LogP contribution in [0.25, 0.3) is 0 Å². The molecule has 0 saturated carbocycles. The summed E-state index contributed by atoms with van der Waals surface area (Å²) in [6, 6.07) is 1.76. The van der Waals surface area contributed by atoms with E-state index in [2.05, 4.69) is 22.2 Å². The molecule has 0 radical (unpaired) electrons. The van der Waals surface area contributed by atoms with E-state index in [-0.39, 0.29) is 5.91 Å². The van der Waals surface area contributed by atoms with Gasteiger partial charge in [-0.15, -0.1) is 0 Å². The van der Waals surface area contributed by atoms with Crippen LogP contribution in [0, 0.1) is 6.92 Å². The first-order valence-electron chi connectivity index (χ1n) is 7.09. The Hall–Kier alpha value is -1.65. The van der Waals surface area contributed by atoms with E-state index in [0.29, 0.717) is 11.5 Å². The Morgan fingerprint density at radius 1 is 1.32 bits per heavy atom. The summed E-state index contributed by atoms with van der Waals surface area (Å²) in [5, 5.41) is 3.21. The van der Waals surface area contributed by atoms with Crippen molar-refractivity contribution in [1.29, 1.82) is 0 Å². The molecule has 0 atom stereocenters. The van der Waals surface area contributed by atoms with Gasteiger partial charge in [0.1, 0.15) is 17.3 Å². The van der Waals surface area contributed by atoms with Crippen molar-refractivity contribution in [3.05, 3.63) is 17.6 Å². The van der Waals surface area contributed by atoms with Crippen molar-refractivity contribution < 1.29 is 4.79 Å². The molecule has 1 aromatic rings. The van der Waals surface area contributed by atoms with Gasteiger partial charge in [-0.2, -0.15) is 0 Å². The summed E-state index contributed by atoms with van der Waals surface area (Å²) in [5.74, 6) is 1.42. The third-order valence-corrected chi connectivity index (χ3v) is 3.26. The van der Waals surface area contributed by atoms with Gasteiger partial charge in [0.2, 0.25) is 0 Å². The third kappa shape index (κ3) is 3.66. The molecule has 1 aliphatic rings. The Morgan fingerprint density at radius 3 is 2.74 bits per heavy atom. The predicted octanol–water partition coefficient (Wildman–Crippen LogP) is 2.23. The molecular weight excluding hydrogens is 240 g/mol. The number of hydrogen-bond donors (Lipinski definition) is 1. The Balaban J connectivity index is 2.13. The van der Waals surface area contributed by atoms with E-state index in [1.165, 1.54) is 6.42 Å². The highest BCUT2D eigenvalue weighted by Crippen LogP contribution is 2.14. The van der Waals surface area contributed by atoms with E-state index < -0.39 is 0 Å². The summed E-state index contributed by atoms with van der Waals surface area (Å²) in [5.41, 5.74) is 0.507. The minimum atomic E-state index is 0.0322. The Bertz CT molecular complexity index is 441. The number of amides is 1. The van der Waals surface area contributed by atoms with E-state index in [9.17, 15) is 4.79 Å². The SMILES string of the molecule is CCCNc1cc(C(=O)N2CCCCC2)nc(C)n1. The maximum Gasteiger partial charge on any atom is 0.272 e. The van der Waals surface area contributed by atoms with Gasteiger partial charge in [-0.25, -0.2) is 9.97 Å². The number of nitrogens with one attached hydrogen (secondary N) is 1. The molecule has 1 amide bonds. The van der Waals surface area contributed by atoms with Crippen LogP contribution < -0.4 is 5.32 Å². The summed E-state index contributed by atoms with van der Waals surface area (Å²) in [6.45, 7) is 6.47. The number of carbonyl (C=O) groups is 1. The van der Waals surface area contributed by atoms with Gasteiger partial charge >= 0.3 is 0 Å². The number of piperidine rings is 1. The summed E-state index contributed by atoms with van der Waals surface area (Å²) >= 11 is 0. The Morgan fingerprint density at radius 2 is 2.05 bits per heavy atom. The molecule has 0 unspecified atom stereocenters. The molecule has 0 aliphatic carbocycles. The largest absolute Gasteiger partial charge is 0.370 e. The normalized spacial score (nSPS) is 15.4. The number of aromatic nitrogens is 2.